The van der Waals surface area contributed by atoms with Crippen LogP contribution in [0.2, 0.25) is 0 Å². The smallest absolute Gasteiger partial charge is 0.330 e. The molecule has 1 amide bonds. The van der Waals surface area contributed by atoms with Gasteiger partial charge in [-0.1, -0.05) is 30.3 Å². The van der Waals surface area contributed by atoms with E-state index < -0.39 is 17.9 Å². The summed E-state index contributed by atoms with van der Waals surface area (Å²) in [5.74, 6) is -1.73. The molecule has 0 aliphatic rings. The lowest BCUT2D eigenvalue weighted by molar-refractivity contribution is -0.144. The Hall–Kier alpha value is -1.88. The van der Waals surface area contributed by atoms with Crippen molar-refractivity contribution >= 4 is 11.9 Å². The molecule has 5 nitrogen and oxygen atoms in total. The second-order valence-electron chi connectivity index (χ2n) is 3.70. The standard InChI is InChI=1S/C12H16N2O3/c1-8(9-6-4-3-5-7-9)14-11(15)10(13-2)12(16)17/h3-8,10,13H,1-2H3,(H,14,15)(H,16,17). The number of amides is 1. The zero-order valence-electron chi connectivity index (χ0n) is 9.81. The molecule has 0 spiro atoms. The lowest BCUT2D eigenvalue weighted by Gasteiger charge is -2.17. The van der Waals surface area contributed by atoms with Crippen molar-refractivity contribution in [3.63, 3.8) is 0 Å². The molecule has 0 saturated heterocycles. The van der Waals surface area contributed by atoms with Crippen LogP contribution >= 0.6 is 0 Å². The van der Waals surface area contributed by atoms with Gasteiger partial charge in [-0.15, -0.1) is 0 Å². The molecule has 0 aromatic heterocycles. The molecule has 1 rings (SSSR count). The first-order chi connectivity index (χ1) is 8.06. The number of aliphatic carboxylic acids is 1. The van der Waals surface area contributed by atoms with Gasteiger partial charge < -0.3 is 10.4 Å². The van der Waals surface area contributed by atoms with Crippen LogP contribution in [0.4, 0.5) is 0 Å². The quantitative estimate of drug-likeness (QED) is 0.652. The number of rotatable bonds is 5. The highest BCUT2D eigenvalue weighted by Gasteiger charge is 2.25. The summed E-state index contributed by atoms with van der Waals surface area (Å²) in [4.78, 5) is 22.4. The van der Waals surface area contributed by atoms with E-state index in [0.29, 0.717) is 0 Å². The molecule has 2 unspecified atom stereocenters. The summed E-state index contributed by atoms with van der Waals surface area (Å²) in [6.45, 7) is 1.81. The third kappa shape index (κ3) is 3.57. The molecular weight excluding hydrogens is 220 g/mol. The zero-order valence-corrected chi connectivity index (χ0v) is 9.81. The fourth-order valence-electron chi connectivity index (χ4n) is 1.49. The SMILES string of the molecule is CNC(C(=O)O)C(=O)NC(C)c1ccccc1. The van der Waals surface area contributed by atoms with Crippen LogP contribution in [0.1, 0.15) is 18.5 Å². The number of carbonyl (C=O) groups excluding carboxylic acids is 1. The highest BCUT2D eigenvalue weighted by molar-refractivity contribution is 6.01. The predicted molar refractivity (Wildman–Crippen MR) is 63.5 cm³/mol. The molecule has 5 heteroatoms. The first-order valence-corrected chi connectivity index (χ1v) is 5.31. The van der Waals surface area contributed by atoms with Gasteiger partial charge in [0.05, 0.1) is 6.04 Å². The minimum atomic E-state index is -1.22. The van der Waals surface area contributed by atoms with Crippen LogP contribution in [0.15, 0.2) is 30.3 Å². The maximum Gasteiger partial charge on any atom is 0.330 e. The molecule has 1 aromatic carbocycles. The van der Waals surface area contributed by atoms with Crippen LogP contribution in [-0.4, -0.2) is 30.1 Å². The summed E-state index contributed by atoms with van der Waals surface area (Å²) >= 11 is 0. The minimum Gasteiger partial charge on any atom is -0.480 e. The normalized spacial score (nSPS) is 13.8. The van der Waals surface area contributed by atoms with Crippen LogP contribution in [0, 0.1) is 0 Å². The van der Waals surface area contributed by atoms with Crippen molar-refractivity contribution in [3.8, 4) is 0 Å². The van der Waals surface area contributed by atoms with Gasteiger partial charge >= 0.3 is 5.97 Å². The van der Waals surface area contributed by atoms with E-state index in [4.69, 9.17) is 5.11 Å². The molecule has 0 bridgehead atoms. The van der Waals surface area contributed by atoms with Crippen LogP contribution in [0.5, 0.6) is 0 Å². The lowest BCUT2D eigenvalue weighted by Crippen LogP contribution is -2.48. The Labute approximate surface area is 99.8 Å². The van der Waals surface area contributed by atoms with E-state index in [-0.39, 0.29) is 6.04 Å². The van der Waals surface area contributed by atoms with E-state index in [1.807, 2.05) is 37.3 Å². The highest BCUT2D eigenvalue weighted by atomic mass is 16.4. The summed E-state index contributed by atoms with van der Waals surface area (Å²) in [7, 11) is 1.44. The first kappa shape index (κ1) is 13.2. The Balaban J connectivity index is 2.66. The molecule has 92 valence electrons. The van der Waals surface area contributed by atoms with E-state index in [2.05, 4.69) is 10.6 Å². The summed E-state index contributed by atoms with van der Waals surface area (Å²) < 4.78 is 0. The monoisotopic (exact) mass is 236 g/mol. The van der Waals surface area contributed by atoms with Gasteiger partial charge in [0.15, 0.2) is 6.04 Å². The highest BCUT2D eigenvalue weighted by Crippen LogP contribution is 2.10. The summed E-state index contributed by atoms with van der Waals surface area (Å²) in [5, 5.41) is 13.9. The third-order valence-electron chi connectivity index (χ3n) is 2.46. The number of carboxylic acid groups (broad SMARTS) is 1. The third-order valence-corrected chi connectivity index (χ3v) is 2.46. The van der Waals surface area contributed by atoms with Crippen molar-refractivity contribution in [3.05, 3.63) is 35.9 Å². The number of hydrogen-bond donors (Lipinski definition) is 3. The number of carboxylic acids is 1. The number of benzene rings is 1. The maximum absolute atomic E-state index is 11.6. The molecule has 0 saturated carbocycles. The van der Waals surface area contributed by atoms with Gasteiger partial charge in [-0.2, -0.15) is 0 Å². The van der Waals surface area contributed by atoms with Crippen molar-refractivity contribution in [1.82, 2.24) is 10.6 Å². The molecule has 0 heterocycles. The molecule has 1 aromatic rings. The van der Waals surface area contributed by atoms with Crippen molar-refractivity contribution in [2.24, 2.45) is 0 Å². The zero-order chi connectivity index (χ0) is 12.8. The van der Waals surface area contributed by atoms with Gasteiger partial charge in [0, 0.05) is 0 Å². The van der Waals surface area contributed by atoms with Crippen LogP contribution in [0.3, 0.4) is 0 Å². The molecule has 17 heavy (non-hydrogen) atoms. The fraction of sp³-hybridized carbons (Fsp3) is 0.333. The number of nitrogens with one attached hydrogen (secondary N) is 2. The van der Waals surface area contributed by atoms with Crippen molar-refractivity contribution < 1.29 is 14.7 Å². The van der Waals surface area contributed by atoms with Crippen LogP contribution < -0.4 is 10.6 Å². The number of carbonyl (C=O) groups is 2. The van der Waals surface area contributed by atoms with Crippen molar-refractivity contribution in [2.75, 3.05) is 7.05 Å². The van der Waals surface area contributed by atoms with Gasteiger partial charge in [0.25, 0.3) is 0 Å². The minimum absolute atomic E-state index is 0.223. The molecule has 0 aliphatic carbocycles. The van der Waals surface area contributed by atoms with Crippen LogP contribution in [-0.2, 0) is 9.59 Å². The van der Waals surface area contributed by atoms with Crippen LogP contribution in [0.25, 0.3) is 0 Å². The molecule has 3 N–H and O–H groups in total. The van der Waals surface area contributed by atoms with Gasteiger partial charge in [-0.05, 0) is 19.5 Å². The first-order valence-electron chi connectivity index (χ1n) is 5.31. The largest absolute Gasteiger partial charge is 0.480 e. The summed E-state index contributed by atoms with van der Waals surface area (Å²) in [6, 6.07) is 7.92. The van der Waals surface area contributed by atoms with E-state index in [9.17, 15) is 9.59 Å². The van der Waals surface area contributed by atoms with Crippen molar-refractivity contribution in [2.45, 2.75) is 19.0 Å². The summed E-state index contributed by atoms with van der Waals surface area (Å²) in [6.07, 6.45) is 0. The van der Waals surface area contributed by atoms with E-state index in [1.54, 1.807) is 0 Å². The Bertz CT molecular complexity index is 392. The van der Waals surface area contributed by atoms with Crippen molar-refractivity contribution in [1.29, 1.82) is 0 Å². The van der Waals surface area contributed by atoms with E-state index >= 15 is 0 Å². The average Bonchev–Trinajstić information content (AvgIpc) is 2.30. The Morgan fingerprint density at radius 3 is 2.29 bits per heavy atom. The Morgan fingerprint density at radius 2 is 1.82 bits per heavy atom. The summed E-state index contributed by atoms with van der Waals surface area (Å²) in [5.41, 5.74) is 0.932. The number of hydrogen-bond acceptors (Lipinski definition) is 3. The topological polar surface area (TPSA) is 78.4 Å². The Morgan fingerprint density at radius 1 is 1.24 bits per heavy atom. The molecule has 0 aliphatic heterocycles. The van der Waals surface area contributed by atoms with E-state index in [0.717, 1.165) is 5.56 Å². The molecular formula is C12H16N2O3. The molecule has 0 fully saturated rings. The Kier molecular flexibility index (Phi) is 4.66. The predicted octanol–water partition coefficient (Wildman–Crippen LogP) is 0.536. The second kappa shape index (κ2) is 6.00. The van der Waals surface area contributed by atoms with Gasteiger partial charge in [0.1, 0.15) is 0 Å². The molecule has 2 atom stereocenters. The van der Waals surface area contributed by atoms with Gasteiger partial charge in [-0.25, -0.2) is 4.79 Å². The average molecular weight is 236 g/mol. The van der Waals surface area contributed by atoms with E-state index in [1.165, 1.54) is 7.05 Å². The lowest BCUT2D eigenvalue weighted by atomic mass is 10.1. The second-order valence-corrected chi connectivity index (χ2v) is 3.70. The maximum atomic E-state index is 11.6. The van der Waals surface area contributed by atoms with Gasteiger partial charge in [0.2, 0.25) is 5.91 Å². The number of likely N-dealkylation sites (N-methyl/N-ethyl adjacent to an activating group) is 1. The fourth-order valence-corrected chi connectivity index (χ4v) is 1.49. The molecule has 0 radical (unpaired) electrons. The van der Waals surface area contributed by atoms with Gasteiger partial charge in [-0.3, -0.25) is 10.1 Å².